The fourth-order valence-electron chi connectivity index (χ4n) is 1.86. The number of carbonyl (C=O) groups excluding carboxylic acids is 2. The predicted octanol–water partition coefficient (Wildman–Crippen LogP) is 3.37. The maximum atomic E-state index is 12.0. The topological polar surface area (TPSA) is 71.1 Å². The highest BCUT2D eigenvalue weighted by molar-refractivity contribution is 5.76. The Hall–Kier alpha value is -2.24. The number of para-hydroxylation sites is 1. The smallest absolute Gasteiger partial charge is 0.311 e. The van der Waals surface area contributed by atoms with Gasteiger partial charge in [0.25, 0.3) is 0 Å². The fourth-order valence-corrected chi connectivity index (χ4v) is 1.86. The molecule has 1 rings (SSSR count). The summed E-state index contributed by atoms with van der Waals surface area (Å²) in [5.74, 6) is 0.558. The van der Waals surface area contributed by atoms with E-state index in [0.29, 0.717) is 17.9 Å². The molecule has 0 aliphatic carbocycles. The van der Waals surface area contributed by atoms with Gasteiger partial charge in [0.2, 0.25) is 5.75 Å². The van der Waals surface area contributed by atoms with Crippen molar-refractivity contribution >= 4 is 11.9 Å². The molecule has 0 radical (unpaired) electrons. The SMILES string of the molecule is COc1cccc(OC)c1OC(=O)CCCC(=O)OC(C)C(C)C. The highest BCUT2D eigenvalue weighted by Gasteiger charge is 2.17. The third-order valence-corrected chi connectivity index (χ3v) is 3.62. The second-order valence-electron chi connectivity index (χ2n) is 5.76. The van der Waals surface area contributed by atoms with E-state index in [4.69, 9.17) is 18.9 Å². The van der Waals surface area contributed by atoms with Crippen molar-refractivity contribution in [1.29, 1.82) is 0 Å². The molecule has 1 unspecified atom stereocenters. The number of hydrogen-bond donors (Lipinski definition) is 0. The third kappa shape index (κ3) is 6.10. The molecule has 0 heterocycles. The van der Waals surface area contributed by atoms with Crippen molar-refractivity contribution in [1.82, 2.24) is 0 Å². The molecule has 1 aromatic carbocycles. The average Bonchev–Trinajstić information content (AvgIpc) is 2.54. The molecule has 0 saturated heterocycles. The summed E-state index contributed by atoms with van der Waals surface area (Å²) in [6.45, 7) is 5.82. The zero-order chi connectivity index (χ0) is 18.1. The predicted molar refractivity (Wildman–Crippen MR) is 89.4 cm³/mol. The van der Waals surface area contributed by atoms with E-state index in [1.165, 1.54) is 14.2 Å². The molecule has 0 fully saturated rings. The Labute approximate surface area is 143 Å². The largest absolute Gasteiger partial charge is 0.493 e. The molecule has 0 saturated carbocycles. The lowest BCUT2D eigenvalue weighted by Gasteiger charge is -2.16. The van der Waals surface area contributed by atoms with Crippen molar-refractivity contribution in [2.75, 3.05) is 14.2 Å². The van der Waals surface area contributed by atoms with Crippen molar-refractivity contribution in [2.45, 2.75) is 46.1 Å². The van der Waals surface area contributed by atoms with Gasteiger partial charge >= 0.3 is 11.9 Å². The Kier molecular flexibility index (Phi) is 8.09. The van der Waals surface area contributed by atoms with Crippen LogP contribution in [-0.4, -0.2) is 32.3 Å². The molecular weight excluding hydrogens is 312 g/mol. The molecule has 0 N–H and O–H groups in total. The lowest BCUT2D eigenvalue weighted by Crippen LogP contribution is -2.20. The summed E-state index contributed by atoms with van der Waals surface area (Å²) in [7, 11) is 2.97. The minimum atomic E-state index is -0.456. The number of esters is 2. The zero-order valence-electron chi connectivity index (χ0n) is 15.0. The van der Waals surface area contributed by atoms with Crippen molar-refractivity contribution in [3.05, 3.63) is 18.2 Å². The highest BCUT2D eigenvalue weighted by atomic mass is 16.6. The molecule has 134 valence electrons. The Balaban J connectivity index is 2.49. The van der Waals surface area contributed by atoms with Crippen LogP contribution in [0.25, 0.3) is 0 Å². The number of hydrogen-bond acceptors (Lipinski definition) is 6. The van der Waals surface area contributed by atoms with Crippen LogP contribution in [0.3, 0.4) is 0 Å². The van der Waals surface area contributed by atoms with Gasteiger partial charge < -0.3 is 18.9 Å². The maximum Gasteiger partial charge on any atom is 0.311 e. The van der Waals surface area contributed by atoms with Gasteiger partial charge in [-0.15, -0.1) is 0 Å². The van der Waals surface area contributed by atoms with Crippen molar-refractivity contribution in [3.8, 4) is 17.2 Å². The molecular formula is C18H26O6. The lowest BCUT2D eigenvalue weighted by atomic mass is 10.1. The van der Waals surface area contributed by atoms with Crippen LogP contribution in [0.4, 0.5) is 0 Å². The minimum Gasteiger partial charge on any atom is -0.493 e. The highest BCUT2D eigenvalue weighted by Crippen LogP contribution is 2.37. The number of rotatable bonds is 9. The molecule has 0 aliphatic rings. The molecule has 0 amide bonds. The van der Waals surface area contributed by atoms with Crippen LogP contribution >= 0.6 is 0 Å². The van der Waals surface area contributed by atoms with Crippen molar-refractivity contribution in [2.24, 2.45) is 5.92 Å². The van der Waals surface area contributed by atoms with Crippen LogP contribution in [0.5, 0.6) is 17.2 Å². The first-order chi connectivity index (χ1) is 11.4. The molecule has 1 atom stereocenters. The van der Waals surface area contributed by atoms with Gasteiger partial charge in [0.05, 0.1) is 14.2 Å². The first-order valence-electron chi connectivity index (χ1n) is 8.00. The van der Waals surface area contributed by atoms with Crippen LogP contribution in [0.1, 0.15) is 40.0 Å². The molecule has 0 aromatic heterocycles. The summed E-state index contributed by atoms with van der Waals surface area (Å²) in [5.41, 5.74) is 0. The molecule has 0 aliphatic heterocycles. The van der Waals surface area contributed by atoms with Crippen molar-refractivity contribution in [3.63, 3.8) is 0 Å². The quantitative estimate of drug-likeness (QED) is 0.508. The van der Waals surface area contributed by atoms with Gasteiger partial charge in [0.15, 0.2) is 11.5 Å². The third-order valence-electron chi connectivity index (χ3n) is 3.62. The average molecular weight is 338 g/mol. The van der Waals surface area contributed by atoms with E-state index in [2.05, 4.69) is 0 Å². The molecule has 6 heteroatoms. The second kappa shape index (κ2) is 9.80. The van der Waals surface area contributed by atoms with Gasteiger partial charge in [-0.3, -0.25) is 9.59 Å². The monoisotopic (exact) mass is 338 g/mol. The van der Waals surface area contributed by atoms with E-state index in [9.17, 15) is 9.59 Å². The van der Waals surface area contributed by atoms with Crippen LogP contribution < -0.4 is 14.2 Å². The zero-order valence-corrected chi connectivity index (χ0v) is 15.0. The van der Waals surface area contributed by atoms with Gasteiger partial charge in [-0.05, 0) is 31.4 Å². The normalized spacial score (nSPS) is 11.8. The molecule has 6 nitrogen and oxygen atoms in total. The Morgan fingerprint density at radius 1 is 0.958 bits per heavy atom. The van der Waals surface area contributed by atoms with E-state index in [0.717, 1.165) is 0 Å². The number of methoxy groups -OCH3 is 2. The molecule has 0 bridgehead atoms. The van der Waals surface area contributed by atoms with Gasteiger partial charge in [-0.2, -0.15) is 0 Å². The maximum absolute atomic E-state index is 12.0. The molecule has 1 aromatic rings. The standard InChI is InChI=1S/C18H26O6/c1-12(2)13(3)23-16(19)10-7-11-17(20)24-18-14(21-4)8-6-9-15(18)22-5/h6,8-9,12-13H,7,10-11H2,1-5H3. The van der Waals surface area contributed by atoms with Crippen LogP contribution in [0, 0.1) is 5.92 Å². The Morgan fingerprint density at radius 2 is 1.50 bits per heavy atom. The van der Waals surface area contributed by atoms with Crippen LogP contribution in [0.2, 0.25) is 0 Å². The summed E-state index contributed by atoms with van der Waals surface area (Å²) >= 11 is 0. The Bertz CT molecular complexity index is 530. The molecule has 0 spiro atoms. The summed E-state index contributed by atoms with van der Waals surface area (Å²) < 4.78 is 20.9. The van der Waals surface area contributed by atoms with E-state index >= 15 is 0 Å². The van der Waals surface area contributed by atoms with E-state index in [1.54, 1.807) is 18.2 Å². The molecule has 24 heavy (non-hydrogen) atoms. The second-order valence-corrected chi connectivity index (χ2v) is 5.76. The van der Waals surface area contributed by atoms with E-state index in [1.807, 2.05) is 20.8 Å². The number of benzene rings is 1. The van der Waals surface area contributed by atoms with Crippen LogP contribution in [-0.2, 0) is 14.3 Å². The summed E-state index contributed by atoms with van der Waals surface area (Å²) in [5, 5.41) is 0. The van der Waals surface area contributed by atoms with Gasteiger partial charge in [0, 0.05) is 12.8 Å². The van der Waals surface area contributed by atoms with Gasteiger partial charge in [0.1, 0.15) is 6.10 Å². The summed E-state index contributed by atoms with van der Waals surface area (Å²) in [4.78, 5) is 23.7. The van der Waals surface area contributed by atoms with Crippen LogP contribution in [0.15, 0.2) is 18.2 Å². The summed E-state index contributed by atoms with van der Waals surface area (Å²) in [6.07, 6.45) is 0.504. The minimum absolute atomic E-state index is 0.104. The Morgan fingerprint density at radius 3 is 2.00 bits per heavy atom. The number of carbonyl (C=O) groups is 2. The lowest BCUT2D eigenvalue weighted by molar-refractivity contribution is -0.150. The van der Waals surface area contributed by atoms with E-state index < -0.39 is 5.97 Å². The fraction of sp³-hybridized carbons (Fsp3) is 0.556. The number of ether oxygens (including phenoxy) is 4. The van der Waals surface area contributed by atoms with Gasteiger partial charge in [-0.1, -0.05) is 19.9 Å². The first kappa shape index (κ1) is 19.8. The van der Waals surface area contributed by atoms with Gasteiger partial charge in [-0.25, -0.2) is 0 Å². The van der Waals surface area contributed by atoms with E-state index in [-0.39, 0.29) is 36.6 Å². The van der Waals surface area contributed by atoms with Crippen molar-refractivity contribution < 1.29 is 28.5 Å². The first-order valence-corrected chi connectivity index (χ1v) is 8.00. The summed E-state index contributed by atoms with van der Waals surface area (Å²) in [6, 6.07) is 5.09.